The normalized spacial score (nSPS) is 20.4. The number of hydrogen-bond donors (Lipinski definition) is 1. The van der Waals surface area contributed by atoms with Gasteiger partial charge in [-0.3, -0.25) is 0 Å². The topological polar surface area (TPSA) is 85.1 Å². The van der Waals surface area contributed by atoms with Gasteiger partial charge in [0.1, 0.15) is 5.82 Å². The Bertz CT molecular complexity index is 771. The minimum atomic E-state index is -3.00. The molecule has 2 heterocycles. The van der Waals surface area contributed by atoms with Crippen LogP contribution in [0, 0.1) is 0 Å². The lowest BCUT2D eigenvalue weighted by Gasteiger charge is -2.08. The maximum absolute atomic E-state index is 11.7. The number of hydrogen-bond acceptors (Lipinski definition) is 5. The third-order valence-electron chi connectivity index (χ3n) is 3.71. The van der Waals surface area contributed by atoms with E-state index in [0.29, 0.717) is 29.6 Å². The van der Waals surface area contributed by atoms with Crippen LogP contribution in [-0.4, -0.2) is 46.4 Å². The van der Waals surface area contributed by atoms with Crippen molar-refractivity contribution in [1.29, 1.82) is 0 Å². The van der Waals surface area contributed by atoms with Gasteiger partial charge in [0.2, 0.25) is 0 Å². The van der Waals surface area contributed by atoms with E-state index in [9.17, 15) is 13.5 Å². The molecular weight excluding hydrogens is 326 g/mol. The van der Waals surface area contributed by atoms with Crippen LogP contribution in [0.4, 0.5) is 0 Å². The fourth-order valence-corrected chi connectivity index (χ4v) is 4.50. The first-order valence-electron chi connectivity index (χ1n) is 7.00. The Morgan fingerprint density at radius 2 is 2.05 bits per heavy atom. The Morgan fingerprint density at radius 3 is 2.64 bits per heavy atom. The molecular formula is C14H16ClN3O3S. The molecule has 8 heteroatoms. The Balaban J connectivity index is 1.97. The molecule has 0 amide bonds. The first-order valence-corrected chi connectivity index (χ1v) is 9.20. The summed E-state index contributed by atoms with van der Waals surface area (Å²) in [6.07, 6.45) is 0.548. The molecule has 1 atom stereocenters. The number of halogens is 1. The van der Waals surface area contributed by atoms with Crippen LogP contribution in [0.2, 0.25) is 5.02 Å². The van der Waals surface area contributed by atoms with Crippen LogP contribution in [0.15, 0.2) is 24.3 Å². The number of nitrogens with zero attached hydrogens (tertiary/aromatic N) is 3. The van der Waals surface area contributed by atoms with Crippen molar-refractivity contribution >= 4 is 21.4 Å². The van der Waals surface area contributed by atoms with Gasteiger partial charge in [-0.25, -0.2) is 18.1 Å². The van der Waals surface area contributed by atoms with E-state index in [1.807, 2.05) is 12.1 Å². The molecule has 1 N–H and O–H groups in total. The zero-order valence-electron chi connectivity index (χ0n) is 11.8. The Hall–Kier alpha value is -1.44. The van der Waals surface area contributed by atoms with Crippen molar-refractivity contribution in [2.24, 2.45) is 0 Å². The van der Waals surface area contributed by atoms with Crippen LogP contribution >= 0.6 is 11.6 Å². The molecule has 22 heavy (non-hydrogen) atoms. The van der Waals surface area contributed by atoms with E-state index in [1.165, 1.54) is 0 Å². The molecule has 118 valence electrons. The summed E-state index contributed by atoms with van der Waals surface area (Å²) < 4.78 is 25.0. The molecule has 0 spiro atoms. The van der Waals surface area contributed by atoms with Gasteiger partial charge in [0.25, 0.3) is 0 Å². The number of aliphatic hydroxyl groups is 1. The molecule has 3 rings (SSSR count). The predicted molar refractivity (Wildman–Crippen MR) is 83.6 cm³/mol. The Labute approximate surface area is 133 Å². The van der Waals surface area contributed by atoms with E-state index in [1.54, 1.807) is 16.8 Å². The van der Waals surface area contributed by atoms with Crippen LogP contribution in [0.25, 0.3) is 11.4 Å². The molecule has 6 nitrogen and oxygen atoms in total. The first kappa shape index (κ1) is 15.5. The van der Waals surface area contributed by atoms with Gasteiger partial charge in [0.15, 0.2) is 15.7 Å². The molecule has 1 aliphatic heterocycles. The summed E-state index contributed by atoms with van der Waals surface area (Å²) in [6, 6.07) is 7.14. The summed E-state index contributed by atoms with van der Waals surface area (Å²) in [7, 11) is -3.00. The van der Waals surface area contributed by atoms with E-state index in [4.69, 9.17) is 11.6 Å². The van der Waals surface area contributed by atoms with Gasteiger partial charge in [0.05, 0.1) is 24.7 Å². The van der Waals surface area contributed by atoms with Gasteiger partial charge in [-0.15, -0.1) is 0 Å². The highest BCUT2D eigenvalue weighted by Gasteiger charge is 2.32. The van der Waals surface area contributed by atoms with E-state index in [0.717, 1.165) is 5.56 Å². The van der Waals surface area contributed by atoms with E-state index < -0.39 is 9.84 Å². The van der Waals surface area contributed by atoms with Gasteiger partial charge in [-0.05, 0) is 30.7 Å². The van der Waals surface area contributed by atoms with Crippen molar-refractivity contribution in [2.45, 2.75) is 18.9 Å². The third-order valence-corrected chi connectivity index (χ3v) is 5.73. The number of aromatic nitrogens is 3. The zero-order valence-corrected chi connectivity index (χ0v) is 13.4. The van der Waals surface area contributed by atoms with Gasteiger partial charge in [-0.2, -0.15) is 5.10 Å². The largest absolute Gasteiger partial charge is 0.394 e. The maximum atomic E-state index is 11.7. The van der Waals surface area contributed by atoms with Crippen molar-refractivity contribution in [3.8, 4) is 11.4 Å². The molecule has 0 aliphatic carbocycles. The monoisotopic (exact) mass is 341 g/mol. The summed E-state index contributed by atoms with van der Waals surface area (Å²) in [5.41, 5.74) is 0.809. The minimum Gasteiger partial charge on any atom is -0.394 e. The summed E-state index contributed by atoms with van der Waals surface area (Å²) >= 11 is 5.87. The predicted octanol–water partition coefficient (Wildman–Crippen LogP) is 1.49. The van der Waals surface area contributed by atoms with Crippen molar-refractivity contribution < 1.29 is 13.5 Å². The average molecular weight is 342 g/mol. The van der Waals surface area contributed by atoms with E-state index in [2.05, 4.69) is 10.1 Å². The van der Waals surface area contributed by atoms with Gasteiger partial charge in [-0.1, -0.05) is 11.6 Å². The summed E-state index contributed by atoms with van der Waals surface area (Å²) in [5, 5.41) is 14.2. The second-order valence-electron chi connectivity index (χ2n) is 5.35. The quantitative estimate of drug-likeness (QED) is 0.910. The second-order valence-corrected chi connectivity index (χ2v) is 8.01. The lowest BCUT2D eigenvalue weighted by molar-refractivity contribution is 0.266. The van der Waals surface area contributed by atoms with E-state index in [-0.39, 0.29) is 24.0 Å². The van der Waals surface area contributed by atoms with Crippen LogP contribution < -0.4 is 0 Å². The van der Waals surface area contributed by atoms with Crippen LogP contribution in [0.5, 0.6) is 0 Å². The smallest absolute Gasteiger partial charge is 0.181 e. The molecule has 1 aromatic carbocycles. The van der Waals surface area contributed by atoms with Crippen molar-refractivity contribution in [2.75, 3.05) is 18.1 Å². The van der Waals surface area contributed by atoms with Crippen molar-refractivity contribution in [1.82, 2.24) is 14.8 Å². The average Bonchev–Trinajstić information content (AvgIpc) is 3.03. The maximum Gasteiger partial charge on any atom is 0.181 e. The molecule has 1 unspecified atom stereocenters. The van der Waals surface area contributed by atoms with Crippen LogP contribution in [0.1, 0.15) is 18.2 Å². The third kappa shape index (κ3) is 3.16. The fourth-order valence-electron chi connectivity index (χ4n) is 2.64. The van der Waals surface area contributed by atoms with Gasteiger partial charge >= 0.3 is 0 Å². The first-order chi connectivity index (χ1) is 10.5. The molecule has 1 saturated heterocycles. The van der Waals surface area contributed by atoms with E-state index >= 15 is 0 Å². The number of aliphatic hydroxyl groups excluding tert-OH is 1. The van der Waals surface area contributed by atoms with Crippen LogP contribution in [-0.2, 0) is 16.4 Å². The van der Waals surface area contributed by atoms with Crippen molar-refractivity contribution in [3.05, 3.63) is 35.1 Å². The van der Waals surface area contributed by atoms with Crippen molar-refractivity contribution in [3.63, 3.8) is 0 Å². The van der Waals surface area contributed by atoms with Gasteiger partial charge in [0, 0.05) is 16.5 Å². The molecule has 0 bridgehead atoms. The van der Waals surface area contributed by atoms with Gasteiger partial charge < -0.3 is 5.11 Å². The molecule has 2 aromatic rings. The molecule has 1 aromatic heterocycles. The lowest BCUT2D eigenvalue weighted by Crippen LogP contribution is -2.13. The lowest BCUT2D eigenvalue weighted by atomic mass is 10.1. The number of benzene rings is 1. The van der Waals surface area contributed by atoms with Crippen LogP contribution in [0.3, 0.4) is 0 Å². The highest BCUT2D eigenvalue weighted by molar-refractivity contribution is 7.91. The molecule has 1 fully saturated rings. The minimum absolute atomic E-state index is 0.0735. The number of sulfone groups is 1. The molecule has 0 saturated carbocycles. The summed E-state index contributed by atoms with van der Waals surface area (Å²) in [4.78, 5) is 4.51. The number of rotatable bonds is 4. The fraction of sp³-hybridized carbons (Fsp3) is 0.429. The molecule has 0 radical (unpaired) electrons. The Morgan fingerprint density at radius 1 is 1.32 bits per heavy atom. The zero-order chi connectivity index (χ0) is 15.7. The highest BCUT2D eigenvalue weighted by Crippen LogP contribution is 2.29. The summed E-state index contributed by atoms with van der Waals surface area (Å²) in [6.45, 7) is 0.225. The second kappa shape index (κ2) is 5.98. The Kier molecular flexibility index (Phi) is 4.20. The summed E-state index contributed by atoms with van der Waals surface area (Å²) in [5.74, 6) is 1.26. The SMILES string of the molecule is O=S1(=O)CCC(c2nc(-c3ccc(Cl)cc3)nn2CCO)C1. The standard InChI is InChI=1S/C14H16ClN3O3S/c15-12-3-1-10(2-4-12)13-16-14(18(17-13)6-7-19)11-5-8-22(20,21)9-11/h1-4,11,19H,5-9H2. The highest BCUT2D eigenvalue weighted by atomic mass is 35.5. The molecule has 1 aliphatic rings.